The van der Waals surface area contributed by atoms with Crippen LogP contribution in [0.1, 0.15) is 24.1 Å². The van der Waals surface area contributed by atoms with Gasteiger partial charge in [0.2, 0.25) is 0 Å². The predicted octanol–water partition coefficient (Wildman–Crippen LogP) is 3.96. The van der Waals surface area contributed by atoms with E-state index in [9.17, 15) is 13.2 Å². The summed E-state index contributed by atoms with van der Waals surface area (Å²) >= 11 is 0. The molecule has 0 saturated carbocycles. The van der Waals surface area contributed by atoms with Crippen LogP contribution in [0.15, 0.2) is 36.4 Å². The molecule has 0 aromatic heterocycles. The van der Waals surface area contributed by atoms with Gasteiger partial charge in [0.1, 0.15) is 0 Å². The van der Waals surface area contributed by atoms with E-state index in [4.69, 9.17) is 4.74 Å². The molecule has 0 heterocycles. The fourth-order valence-corrected chi connectivity index (χ4v) is 1.98. The lowest BCUT2D eigenvalue weighted by Gasteiger charge is -2.15. The van der Waals surface area contributed by atoms with Crippen molar-refractivity contribution in [1.29, 1.82) is 0 Å². The molecule has 2 nitrogen and oxygen atoms in total. The van der Waals surface area contributed by atoms with Gasteiger partial charge in [0.05, 0.1) is 7.11 Å². The molecule has 2 rings (SSSR count). The van der Waals surface area contributed by atoms with Crippen molar-refractivity contribution in [3.05, 3.63) is 65.0 Å². The van der Waals surface area contributed by atoms with Crippen molar-refractivity contribution in [2.75, 3.05) is 7.11 Å². The minimum atomic E-state index is -0.870. The third-order valence-corrected chi connectivity index (χ3v) is 3.27. The Morgan fingerprint density at radius 1 is 1.00 bits per heavy atom. The van der Waals surface area contributed by atoms with Crippen LogP contribution in [0, 0.1) is 17.5 Å². The van der Waals surface area contributed by atoms with Crippen LogP contribution in [-0.4, -0.2) is 7.11 Å². The first kappa shape index (κ1) is 15.4. The largest absolute Gasteiger partial charge is 0.494 e. The molecule has 2 aromatic carbocycles. The summed E-state index contributed by atoms with van der Waals surface area (Å²) < 4.78 is 44.2. The Balaban J connectivity index is 2.04. The van der Waals surface area contributed by atoms with Gasteiger partial charge >= 0.3 is 0 Å². The van der Waals surface area contributed by atoms with Gasteiger partial charge in [-0.1, -0.05) is 12.1 Å². The average molecular weight is 295 g/mol. The van der Waals surface area contributed by atoms with Gasteiger partial charge in [-0.2, -0.15) is 0 Å². The summed E-state index contributed by atoms with van der Waals surface area (Å²) in [7, 11) is 1.40. The fraction of sp³-hybridized carbons (Fsp3) is 0.250. The van der Waals surface area contributed by atoms with Crippen LogP contribution >= 0.6 is 0 Å². The van der Waals surface area contributed by atoms with Gasteiger partial charge in [-0.05, 0) is 42.3 Å². The molecule has 0 fully saturated rings. The molecule has 0 spiro atoms. The maximum atomic E-state index is 13.3. The van der Waals surface area contributed by atoms with Crippen LogP contribution < -0.4 is 10.1 Å². The highest BCUT2D eigenvalue weighted by atomic mass is 19.2. The molecule has 1 atom stereocenters. The van der Waals surface area contributed by atoms with Crippen molar-refractivity contribution < 1.29 is 17.9 Å². The van der Waals surface area contributed by atoms with E-state index in [0.717, 1.165) is 17.7 Å². The Hall–Kier alpha value is -2.01. The highest BCUT2D eigenvalue weighted by Gasteiger charge is 2.10. The first-order chi connectivity index (χ1) is 10.0. The molecule has 21 heavy (non-hydrogen) atoms. The number of methoxy groups -OCH3 is 1. The Morgan fingerprint density at radius 3 is 2.38 bits per heavy atom. The van der Waals surface area contributed by atoms with E-state index in [1.54, 1.807) is 12.1 Å². The second-order valence-corrected chi connectivity index (χ2v) is 4.75. The third kappa shape index (κ3) is 3.76. The first-order valence-corrected chi connectivity index (χ1v) is 6.52. The standard InChI is InChI=1S/C16H16F3NO/c1-10(12-4-6-14(18)16(8-12)21-2)20-9-11-3-5-13(17)15(19)7-11/h3-8,10,20H,9H2,1-2H3. The number of nitrogens with one attached hydrogen (secondary N) is 1. The van der Waals surface area contributed by atoms with E-state index in [1.165, 1.54) is 19.2 Å². The normalized spacial score (nSPS) is 12.2. The highest BCUT2D eigenvalue weighted by molar-refractivity contribution is 5.32. The van der Waals surface area contributed by atoms with Crippen molar-refractivity contribution in [2.45, 2.75) is 19.5 Å². The summed E-state index contributed by atoms with van der Waals surface area (Å²) in [5.74, 6) is -1.98. The maximum absolute atomic E-state index is 13.3. The fourth-order valence-electron chi connectivity index (χ4n) is 1.98. The monoisotopic (exact) mass is 295 g/mol. The molecule has 1 N–H and O–H groups in total. The number of hydrogen-bond acceptors (Lipinski definition) is 2. The molecule has 0 aliphatic carbocycles. The van der Waals surface area contributed by atoms with Gasteiger partial charge < -0.3 is 10.1 Å². The van der Waals surface area contributed by atoms with Gasteiger partial charge in [0.25, 0.3) is 0 Å². The minimum absolute atomic E-state index is 0.0902. The van der Waals surface area contributed by atoms with Crippen molar-refractivity contribution >= 4 is 0 Å². The van der Waals surface area contributed by atoms with Gasteiger partial charge in [-0.3, -0.25) is 0 Å². The molecular weight excluding hydrogens is 279 g/mol. The van der Waals surface area contributed by atoms with Crippen molar-refractivity contribution in [3.63, 3.8) is 0 Å². The molecule has 2 aromatic rings. The summed E-state index contributed by atoms with van der Waals surface area (Å²) in [6, 6.07) is 8.28. The average Bonchev–Trinajstić information content (AvgIpc) is 2.48. The Labute approximate surface area is 121 Å². The van der Waals surface area contributed by atoms with Gasteiger partial charge in [0, 0.05) is 12.6 Å². The molecule has 0 radical (unpaired) electrons. The van der Waals surface area contributed by atoms with Crippen LogP contribution in [-0.2, 0) is 6.54 Å². The van der Waals surface area contributed by atoms with Crippen LogP contribution in [0.25, 0.3) is 0 Å². The quantitative estimate of drug-likeness (QED) is 0.901. The molecule has 0 amide bonds. The SMILES string of the molecule is COc1cc(C(C)NCc2ccc(F)c(F)c2)ccc1F. The number of hydrogen-bond donors (Lipinski definition) is 1. The first-order valence-electron chi connectivity index (χ1n) is 6.52. The lowest BCUT2D eigenvalue weighted by Crippen LogP contribution is -2.18. The molecule has 1 unspecified atom stereocenters. The van der Waals surface area contributed by atoms with E-state index in [1.807, 2.05) is 6.92 Å². The maximum Gasteiger partial charge on any atom is 0.165 e. The summed E-state index contributed by atoms with van der Waals surface area (Å²) in [6.07, 6.45) is 0. The summed E-state index contributed by atoms with van der Waals surface area (Å²) in [5.41, 5.74) is 1.48. The lowest BCUT2D eigenvalue weighted by atomic mass is 10.1. The number of benzene rings is 2. The van der Waals surface area contributed by atoms with E-state index in [-0.39, 0.29) is 11.8 Å². The minimum Gasteiger partial charge on any atom is -0.494 e. The summed E-state index contributed by atoms with van der Waals surface area (Å²) in [5, 5.41) is 3.17. The van der Waals surface area contributed by atoms with Crippen LogP contribution in [0.5, 0.6) is 5.75 Å². The van der Waals surface area contributed by atoms with Gasteiger partial charge in [-0.15, -0.1) is 0 Å². The van der Waals surface area contributed by atoms with Gasteiger partial charge in [0.15, 0.2) is 23.2 Å². The summed E-state index contributed by atoms with van der Waals surface area (Å²) in [6.45, 7) is 2.27. The van der Waals surface area contributed by atoms with Crippen LogP contribution in [0.3, 0.4) is 0 Å². The Morgan fingerprint density at radius 2 is 1.71 bits per heavy atom. The molecular formula is C16H16F3NO. The molecule has 0 bridgehead atoms. The molecule has 0 saturated heterocycles. The van der Waals surface area contributed by atoms with Crippen molar-refractivity contribution in [2.24, 2.45) is 0 Å². The Kier molecular flexibility index (Phi) is 4.85. The zero-order chi connectivity index (χ0) is 15.4. The zero-order valence-corrected chi connectivity index (χ0v) is 11.8. The molecule has 112 valence electrons. The molecule has 5 heteroatoms. The second-order valence-electron chi connectivity index (χ2n) is 4.75. The topological polar surface area (TPSA) is 21.3 Å². The van der Waals surface area contributed by atoms with Crippen molar-refractivity contribution in [1.82, 2.24) is 5.32 Å². The van der Waals surface area contributed by atoms with Crippen molar-refractivity contribution in [3.8, 4) is 5.75 Å². The number of halogens is 3. The second kappa shape index (κ2) is 6.63. The third-order valence-electron chi connectivity index (χ3n) is 3.27. The predicted molar refractivity (Wildman–Crippen MR) is 74.6 cm³/mol. The zero-order valence-electron chi connectivity index (χ0n) is 11.8. The summed E-state index contributed by atoms with van der Waals surface area (Å²) in [4.78, 5) is 0. The van der Waals surface area contributed by atoms with Gasteiger partial charge in [-0.25, -0.2) is 13.2 Å². The highest BCUT2D eigenvalue weighted by Crippen LogP contribution is 2.22. The molecule has 0 aliphatic rings. The van der Waals surface area contributed by atoms with E-state index in [0.29, 0.717) is 12.1 Å². The van der Waals surface area contributed by atoms with Crippen LogP contribution in [0.4, 0.5) is 13.2 Å². The van der Waals surface area contributed by atoms with E-state index >= 15 is 0 Å². The van der Waals surface area contributed by atoms with E-state index in [2.05, 4.69) is 5.32 Å². The Bertz CT molecular complexity index is 631. The lowest BCUT2D eigenvalue weighted by molar-refractivity contribution is 0.385. The van der Waals surface area contributed by atoms with E-state index < -0.39 is 17.5 Å². The smallest absolute Gasteiger partial charge is 0.165 e. The number of rotatable bonds is 5. The molecule has 0 aliphatic heterocycles. The number of ether oxygens (including phenoxy) is 1. The van der Waals surface area contributed by atoms with Crippen LogP contribution in [0.2, 0.25) is 0 Å².